The summed E-state index contributed by atoms with van der Waals surface area (Å²) in [7, 11) is 0. The minimum absolute atomic E-state index is 0.0112. The maximum Gasteiger partial charge on any atom is 0.256 e. The first-order valence-electron chi connectivity index (χ1n) is 6.43. The van der Waals surface area contributed by atoms with Crippen LogP contribution in [0.3, 0.4) is 0 Å². The number of rotatable bonds is 5. The van der Waals surface area contributed by atoms with Crippen LogP contribution < -0.4 is 5.32 Å². The van der Waals surface area contributed by atoms with Crippen LogP contribution in [0.25, 0.3) is 0 Å². The number of nitrogens with zero attached hydrogens (tertiary/aromatic N) is 1. The smallest absolute Gasteiger partial charge is 0.256 e. The van der Waals surface area contributed by atoms with Gasteiger partial charge in [-0.25, -0.2) is 4.98 Å². The lowest BCUT2D eigenvalue weighted by atomic mass is 10.1. The van der Waals surface area contributed by atoms with Crippen molar-refractivity contribution in [1.82, 2.24) is 4.98 Å². The van der Waals surface area contributed by atoms with E-state index < -0.39 is 0 Å². The molecule has 110 valence electrons. The highest BCUT2D eigenvalue weighted by molar-refractivity contribution is 7.99. The Hall–Kier alpha value is -2.08. The van der Waals surface area contributed by atoms with Gasteiger partial charge in [-0.1, -0.05) is 11.8 Å². The van der Waals surface area contributed by atoms with Crippen LogP contribution in [0.4, 0.5) is 5.69 Å². The third-order valence-electron chi connectivity index (χ3n) is 2.86. The van der Waals surface area contributed by atoms with Gasteiger partial charge in [0.05, 0.1) is 11.4 Å². The molecule has 1 heterocycles. The average Bonchev–Trinajstić information content (AvgIpc) is 2.75. The van der Waals surface area contributed by atoms with Crippen molar-refractivity contribution in [3.8, 4) is 0 Å². The van der Waals surface area contributed by atoms with E-state index in [0.29, 0.717) is 16.5 Å². The molecular weight excluding hydrogens is 288 g/mol. The number of hydrogen-bond donors (Lipinski definition) is 1. The lowest BCUT2D eigenvalue weighted by molar-refractivity contribution is -0.114. The Kier molecular flexibility index (Phi) is 4.80. The summed E-state index contributed by atoms with van der Waals surface area (Å²) in [5.74, 6) is 0.880. The Morgan fingerprint density at radius 3 is 2.43 bits per heavy atom. The first-order valence-corrected chi connectivity index (χ1v) is 7.42. The number of amides is 1. The molecule has 0 fully saturated rings. The summed E-state index contributed by atoms with van der Waals surface area (Å²) in [5.41, 5.74) is 2.10. The van der Waals surface area contributed by atoms with Crippen molar-refractivity contribution in [3.63, 3.8) is 0 Å². The van der Waals surface area contributed by atoms with Crippen LogP contribution >= 0.6 is 11.8 Å². The number of benzene rings is 1. The van der Waals surface area contributed by atoms with E-state index in [2.05, 4.69) is 10.3 Å². The van der Waals surface area contributed by atoms with Gasteiger partial charge in [-0.15, -0.1) is 0 Å². The minimum atomic E-state index is -0.140. The van der Waals surface area contributed by atoms with Gasteiger partial charge in [0.2, 0.25) is 5.91 Å². The van der Waals surface area contributed by atoms with Gasteiger partial charge in [-0.3, -0.25) is 9.59 Å². The van der Waals surface area contributed by atoms with Gasteiger partial charge in [0.1, 0.15) is 5.76 Å². The zero-order chi connectivity index (χ0) is 15.4. The van der Waals surface area contributed by atoms with Crippen molar-refractivity contribution in [3.05, 3.63) is 41.3 Å². The van der Waals surface area contributed by atoms with Crippen molar-refractivity contribution in [2.24, 2.45) is 0 Å². The summed E-state index contributed by atoms with van der Waals surface area (Å²) < 4.78 is 5.42. The molecule has 1 aromatic heterocycles. The summed E-state index contributed by atoms with van der Waals surface area (Å²) in [6.45, 7) is 5.15. The number of Topliss-reactive ketones (excluding diaryl/α,β-unsaturated/α-hetero) is 1. The van der Waals surface area contributed by atoms with E-state index in [1.807, 2.05) is 13.8 Å². The van der Waals surface area contributed by atoms with Gasteiger partial charge >= 0.3 is 0 Å². The highest BCUT2D eigenvalue weighted by Gasteiger charge is 2.11. The Bertz CT molecular complexity index is 643. The molecule has 6 heteroatoms. The summed E-state index contributed by atoms with van der Waals surface area (Å²) in [5, 5.41) is 3.16. The predicted molar refractivity (Wildman–Crippen MR) is 81.8 cm³/mol. The van der Waals surface area contributed by atoms with Crippen LogP contribution in [-0.4, -0.2) is 22.4 Å². The number of nitrogens with one attached hydrogen (secondary N) is 1. The van der Waals surface area contributed by atoms with Crippen LogP contribution in [0.5, 0.6) is 0 Å². The molecule has 1 aromatic carbocycles. The first kappa shape index (κ1) is 15.3. The van der Waals surface area contributed by atoms with E-state index in [-0.39, 0.29) is 17.4 Å². The van der Waals surface area contributed by atoms with E-state index in [4.69, 9.17) is 4.42 Å². The molecule has 5 nitrogen and oxygen atoms in total. The first-order chi connectivity index (χ1) is 9.95. The molecule has 0 aliphatic rings. The van der Waals surface area contributed by atoms with Crippen molar-refractivity contribution in [2.75, 3.05) is 11.1 Å². The average molecular weight is 304 g/mol. The third-order valence-corrected chi connectivity index (χ3v) is 3.69. The molecule has 0 spiro atoms. The molecule has 0 unspecified atom stereocenters. The molecule has 0 aliphatic carbocycles. The Morgan fingerprint density at radius 1 is 1.24 bits per heavy atom. The number of hydrogen-bond acceptors (Lipinski definition) is 5. The molecule has 1 amide bonds. The zero-order valence-corrected chi connectivity index (χ0v) is 12.9. The molecule has 1 N–H and O–H groups in total. The van der Waals surface area contributed by atoms with Crippen LogP contribution in [-0.2, 0) is 4.79 Å². The summed E-state index contributed by atoms with van der Waals surface area (Å²) >= 11 is 1.28. The van der Waals surface area contributed by atoms with Gasteiger partial charge in [0.15, 0.2) is 5.78 Å². The standard InChI is InChI=1S/C15H16N2O3S/c1-9-10(2)20-15(16-9)21-8-14(19)12-4-6-13(7-5-12)17-11(3)18/h4-7H,8H2,1-3H3,(H,17,18). The van der Waals surface area contributed by atoms with Crippen LogP contribution in [0, 0.1) is 13.8 Å². The Labute approximate surface area is 127 Å². The van der Waals surface area contributed by atoms with Crippen LogP contribution in [0.1, 0.15) is 28.7 Å². The van der Waals surface area contributed by atoms with E-state index in [0.717, 1.165) is 11.5 Å². The van der Waals surface area contributed by atoms with Gasteiger partial charge < -0.3 is 9.73 Å². The molecule has 0 saturated carbocycles. The fourth-order valence-corrected chi connectivity index (χ4v) is 2.47. The van der Waals surface area contributed by atoms with E-state index in [9.17, 15) is 9.59 Å². The highest BCUT2D eigenvalue weighted by Crippen LogP contribution is 2.21. The lowest BCUT2D eigenvalue weighted by Crippen LogP contribution is -2.07. The fraction of sp³-hybridized carbons (Fsp3) is 0.267. The van der Waals surface area contributed by atoms with Gasteiger partial charge in [-0.05, 0) is 38.1 Å². The molecule has 0 saturated heterocycles. The minimum Gasteiger partial charge on any atom is -0.437 e. The summed E-state index contributed by atoms with van der Waals surface area (Å²) in [4.78, 5) is 27.2. The number of ketones is 1. The number of carbonyl (C=O) groups is 2. The van der Waals surface area contributed by atoms with Crippen LogP contribution in [0.15, 0.2) is 33.9 Å². The van der Waals surface area contributed by atoms with Gasteiger partial charge in [0.25, 0.3) is 5.22 Å². The molecule has 2 aromatic rings. The number of carbonyl (C=O) groups excluding carboxylic acids is 2. The number of thioether (sulfide) groups is 1. The topological polar surface area (TPSA) is 72.2 Å². The maximum absolute atomic E-state index is 12.1. The van der Waals surface area contributed by atoms with Crippen molar-refractivity contribution in [1.29, 1.82) is 0 Å². The third kappa shape index (κ3) is 4.19. The highest BCUT2D eigenvalue weighted by atomic mass is 32.2. The molecule has 0 radical (unpaired) electrons. The van der Waals surface area contributed by atoms with Crippen LogP contribution in [0.2, 0.25) is 0 Å². The molecule has 0 atom stereocenters. The maximum atomic E-state index is 12.1. The second-order valence-electron chi connectivity index (χ2n) is 4.59. The predicted octanol–water partition coefficient (Wildman–Crippen LogP) is 3.22. The quantitative estimate of drug-likeness (QED) is 0.678. The number of aromatic nitrogens is 1. The van der Waals surface area contributed by atoms with Crippen molar-refractivity contribution >= 4 is 29.1 Å². The zero-order valence-electron chi connectivity index (χ0n) is 12.1. The molecule has 2 rings (SSSR count). The Balaban J connectivity index is 1.95. The van der Waals surface area contributed by atoms with Gasteiger partial charge in [-0.2, -0.15) is 0 Å². The van der Waals surface area contributed by atoms with Crippen molar-refractivity contribution in [2.45, 2.75) is 26.0 Å². The lowest BCUT2D eigenvalue weighted by Gasteiger charge is -2.03. The van der Waals surface area contributed by atoms with E-state index in [1.54, 1.807) is 24.3 Å². The SMILES string of the molecule is CC(=O)Nc1ccc(C(=O)CSc2nc(C)c(C)o2)cc1. The second kappa shape index (κ2) is 6.58. The largest absolute Gasteiger partial charge is 0.437 e. The molecule has 0 aliphatic heterocycles. The van der Waals surface area contributed by atoms with Gasteiger partial charge in [0, 0.05) is 18.2 Å². The molecule has 21 heavy (non-hydrogen) atoms. The van der Waals surface area contributed by atoms with E-state index >= 15 is 0 Å². The molecule has 0 bridgehead atoms. The normalized spacial score (nSPS) is 10.4. The fourth-order valence-electron chi connectivity index (χ4n) is 1.66. The number of oxazole rings is 1. The Morgan fingerprint density at radius 2 is 1.90 bits per heavy atom. The summed E-state index contributed by atoms with van der Waals surface area (Å²) in [6, 6.07) is 6.80. The molecular formula is C15H16N2O3S. The van der Waals surface area contributed by atoms with E-state index in [1.165, 1.54) is 18.7 Å². The summed E-state index contributed by atoms with van der Waals surface area (Å²) in [6.07, 6.45) is 0. The monoisotopic (exact) mass is 304 g/mol. The number of aryl methyl sites for hydroxylation is 2. The van der Waals surface area contributed by atoms with Crippen molar-refractivity contribution < 1.29 is 14.0 Å². The number of anilines is 1. The second-order valence-corrected chi connectivity index (χ2v) is 5.52.